The van der Waals surface area contributed by atoms with Crippen LogP contribution in [-0.2, 0) is 4.43 Å². The average Bonchev–Trinajstić information content (AvgIpc) is 2.55. The second-order valence-electron chi connectivity index (χ2n) is 8.96. The Morgan fingerprint density at radius 1 is 1.31 bits per heavy atom. The summed E-state index contributed by atoms with van der Waals surface area (Å²) in [5, 5.41) is 12.9. The molecule has 1 atom stereocenters. The fourth-order valence-electron chi connectivity index (χ4n) is 2.86. The number of hydrogen-bond acceptors (Lipinski definition) is 5. The van der Waals surface area contributed by atoms with Gasteiger partial charge in [0.2, 0.25) is 0 Å². The summed E-state index contributed by atoms with van der Waals surface area (Å²) < 4.78 is 18.2. The van der Waals surface area contributed by atoms with Crippen molar-refractivity contribution in [2.24, 2.45) is 0 Å². The Balaban J connectivity index is 1.60. The predicted octanol–water partition coefficient (Wildman–Crippen LogP) is 4.71. The molecule has 5 nitrogen and oxygen atoms in total. The van der Waals surface area contributed by atoms with Crippen molar-refractivity contribution in [2.75, 3.05) is 18.5 Å². The van der Waals surface area contributed by atoms with Crippen LogP contribution in [0.1, 0.15) is 40.0 Å². The zero-order valence-electron chi connectivity index (χ0n) is 16.5. The van der Waals surface area contributed by atoms with Crippen molar-refractivity contribution in [3.05, 3.63) is 18.2 Å². The fraction of sp³-hybridized carbons (Fsp3) is 0.650. The lowest BCUT2D eigenvalue weighted by Crippen LogP contribution is -2.45. The van der Waals surface area contributed by atoms with E-state index in [0.29, 0.717) is 13.2 Å². The lowest BCUT2D eigenvalue weighted by Gasteiger charge is -2.38. The second kappa shape index (κ2) is 6.79. The third-order valence-electron chi connectivity index (χ3n) is 5.90. The molecule has 0 radical (unpaired) electrons. The van der Waals surface area contributed by atoms with Crippen LogP contribution in [-0.4, -0.2) is 33.2 Å². The molecule has 26 heavy (non-hydrogen) atoms. The maximum atomic E-state index is 9.37. The highest BCUT2D eigenvalue weighted by Crippen LogP contribution is 2.40. The molecule has 0 bridgehead atoms. The SMILES string of the molecule is CC(C)(C)[Si](C)(C)OCC1COc2cc(NC3(C#N)CCC3)ccc2O1. The van der Waals surface area contributed by atoms with Gasteiger partial charge in [-0.2, -0.15) is 5.26 Å². The van der Waals surface area contributed by atoms with Crippen LogP contribution in [0.2, 0.25) is 18.1 Å². The van der Waals surface area contributed by atoms with Gasteiger partial charge in [-0.05, 0) is 49.5 Å². The highest BCUT2D eigenvalue weighted by Gasteiger charge is 2.39. The topological polar surface area (TPSA) is 63.5 Å². The van der Waals surface area contributed by atoms with E-state index in [-0.39, 0.29) is 11.1 Å². The Bertz CT molecular complexity index is 702. The van der Waals surface area contributed by atoms with E-state index in [4.69, 9.17) is 13.9 Å². The van der Waals surface area contributed by atoms with Gasteiger partial charge in [0.15, 0.2) is 25.9 Å². The molecule has 1 saturated carbocycles. The molecule has 2 aliphatic rings. The lowest BCUT2D eigenvalue weighted by atomic mass is 9.78. The Labute approximate surface area is 157 Å². The van der Waals surface area contributed by atoms with Gasteiger partial charge in [0.05, 0.1) is 12.7 Å². The van der Waals surface area contributed by atoms with Gasteiger partial charge in [-0.15, -0.1) is 0 Å². The number of anilines is 1. The van der Waals surface area contributed by atoms with Crippen molar-refractivity contribution in [1.82, 2.24) is 0 Å². The van der Waals surface area contributed by atoms with E-state index < -0.39 is 13.9 Å². The third kappa shape index (κ3) is 3.84. The molecule has 1 aliphatic carbocycles. The minimum atomic E-state index is -1.79. The van der Waals surface area contributed by atoms with Gasteiger partial charge in [0, 0.05) is 11.8 Å². The van der Waals surface area contributed by atoms with Crippen molar-refractivity contribution >= 4 is 14.0 Å². The molecule has 142 valence electrons. The first-order valence-corrected chi connectivity index (χ1v) is 12.3. The first-order valence-electron chi connectivity index (χ1n) is 9.41. The van der Waals surface area contributed by atoms with E-state index in [2.05, 4.69) is 45.3 Å². The van der Waals surface area contributed by atoms with E-state index in [1.165, 1.54) is 0 Å². The van der Waals surface area contributed by atoms with Gasteiger partial charge in [-0.3, -0.25) is 0 Å². The second-order valence-corrected chi connectivity index (χ2v) is 13.8. The minimum absolute atomic E-state index is 0.0903. The van der Waals surface area contributed by atoms with Crippen LogP contribution in [0.5, 0.6) is 11.5 Å². The standard InChI is InChI=1S/C20H30N2O3Si/c1-19(2,3)26(4,5)24-13-16-12-23-18-11-15(7-8-17(18)25-16)22-20(14-21)9-6-10-20/h7-8,11,16,22H,6,9-10,12-13H2,1-5H3. The molecule has 6 heteroatoms. The minimum Gasteiger partial charge on any atom is -0.486 e. The zero-order chi connectivity index (χ0) is 19.0. The number of nitriles is 1. The molecule has 0 amide bonds. The van der Waals surface area contributed by atoms with E-state index in [1.807, 2.05) is 18.2 Å². The maximum Gasteiger partial charge on any atom is 0.192 e. The molecular weight excluding hydrogens is 344 g/mol. The summed E-state index contributed by atoms with van der Waals surface area (Å²) in [6.45, 7) is 12.2. The molecule has 1 N–H and O–H groups in total. The van der Waals surface area contributed by atoms with Crippen molar-refractivity contribution in [2.45, 2.75) is 69.8 Å². The van der Waals surface area contributed by atoms with Gasteiger partial charge in [-0.25, -0.2) is 0 Å². The summed E-state index contributed by atoms with van der Waals surface area (Å²) in [5.41, 5.74) is 0.494. The van der Waals surface area contributed by atoms with Gasteiger partial charge < -0.3 is 19.2 Å². The van der Waals surface area contributed by atoms with Crippen molar-refractivity contribution in [3.63, 3.8) is 0 Å². The summed E-state index contributed by atoms with van der Waals surface area (Å²) in [7, 11) is -1.79. The van der Waals surface area contributed by atoms with Gasteiger partial charge >= 0.3 is 0 Å². The summed E-state index contributed by atoms with van der Waals surface area (Å²) in [5.74, 6) is 1.47. The number of rotatable bonds is 5. The fourth-order valence-corrected chi connectivity index (χ4v) is 3.90. The number of ether oxygens (including phenoxy) is 2. The molecule has 0 aromatic heterocycles. The van der Waals surface area contributed by atoms with Crippen molar-refractivity contribution in [3.8, 4) is 17.6 Å². The van der Waals surface area contributed by atoms with Crippen LogP contribution in [0.15, 0.2) is 18.2 Å². The molecule has 0 spiro atoms. The Kier molecular flexibility index (Phi) is 4.97. The van der Waals surface area contributed by atoms with Gasteiger partial charge in [-0.1, -0.05) is 20.8 Å². The molecule has 1 heterocycles. The third-order valence-corrected chi connectivity index (χ3v) is 10.4. The summed E-state index contributed by atoms with van der Waals surface area (Å²) >= 11 is 0. The van der Waals surface area contributed by atoms with Gasteiger partial charge in [0.1, 0.15) is 12.1 Å². The molecule has 1 aromatic carbocycles. The number of fused-ring (bicyclic) bond motifs is 1. The van der Waals surface area contributed by atoms with Crippen LogP contribution < -0.4 is 14.8 Å². The largest absolute Gasteiger partial charge is 0.486 e. The van der Waals surface area contributed by atoms with Gasteiger partial charge in [0.25, 0.3) is 0 Å². The monoisotopic (exact) mass is 374 g/mol. The molecule has 1 fully saturated rings. The Morgan fingerprint density at radius 2 is 2.04 bits per heavy atom. The summed E-state index contributed by atoms with van der Waals surface area (Å²) in [6, 6.07) is 8.20. The van der Waals surface area contributed by atoms with E-state index in [9.17, 15) is 5.26 Å². The molecule has 1 aromatic rings. The van der Waals surface area contributed by atoms with E-state index in [0.717, 1.165) is 36.4 Å². The summed E-state index contributed by atoms with van der Waals surface area (Å²) in [6.07, 6.45) is 2.80. The predicted molar refractivity (Wildman–Crippen MR) is 105 cm³/mol. The summed E-state index contributed by atoms with van der Waals surface area (Å²) in [4.78, 5) is 0. The molecule has 1 aliphatic heterocycles. The maximum absolute atomic E-state index is 9.37. The van der Waals surface area contributed by atoms with E-state index in [1.54, 1.807) is 0 Å². The number of hydrogen-bond donors (Lipinski definition) is 1. The Morgan fingerprint density at radius 3 is 2.62 bits per heavy atom. The van der Waals surface area contributed by atoms with Crippen molar-refractivity contribution in [1.29, 1.82) is 5.26 Å². The quantitative estimate of drug-likeness (QED) is 0.757. The zero-order valence-corrected chi connectivity index (χ0v) is 17.5. The van der Waals surface area contributed by atoms with Crippen LogP contribution in [0, 0.1) is 11.3 Å². The van der Waals surface area contributed by atoms with E-state index >= 15 is 0 Å². The number of nitrogens with one attached hydrogen (secondary N) is 1. The molecule has 1 unspecified atom stereocenters. The highest BCUT2D eigenvalue weighted by atomic mass is 28.4. The average molecular weight is 375 g/mol. The number of nitrogens with zero attached hydrogens (tertiary/aromatic N) is 1. The van der Waals surface area contributed by atoms with Crippen LogP contribution in [0.4, 0.5) is 5.69 Å². The highest BCUT2D eigenvalue weighted by molar-refractivity contribution is 6.74. The molecule has 0 saturated heterocycles. The molecule has 3 rings (SSSR count). The first-order chi connectivity index (χ1) is 12.1. The van der Waals surface area contributed by atoms with Crippen molar-refractivity contribution < 1.29 is 13.9 Å². The Hall–Kier alpha value is -1.71. The molecular formula is C20H30N2O3Si. The van der Waals surface area contributed by atoms with Crippen LogP contribution >= 0.6 is 0 Å². The van der Waals surface area contributed by atoms with Crippen LogP contribution in [0.3, 0.4) is 0 Å². The number of benzene rings is 1. The smallest absolute Gasteiger partial charge is 0.192 e. The first kappa shape index (κ1) is 19.1. The van der Waals surface area contributed by atoms with Crippen LogP contribution in [0.25, 0.3) is 0 Å². The lowest BCUT2D eigenvalue weighted by molar-refractivity contribution is 0.0493. The normalized spacial score (nSPS) is 21.5.